The quantitative estimate of drug-likeness (QED) is 0.536. The average molecular weight is 372 g/mol. The first-order chi connectivity index (χ1) is 13.5. The fourth-order valence-electron chi connectivity index (χ4n) is 3.29. The fraction of sp³-hybridized carbons (Fsp3) is 0.130. The number of benzene rings is 3. The Morgan fingerprint density at radius 3 is 2.50 bits per heavy atom. The Morgan fingerprint density at radius 1 is 0.964 bits per heavy atom. The molecule has 1 N–H and O–H groups in total. The molecule has 4 aromatic rings. The lowest BCUT2D eigenvalue weighted by atomic mass is 10.1. The highest BCUT2D eigenvalue weighted by Gasteiger charge is 2.22. The molecule has 0 spiro atoms. The van der Waals surface area contributed by atoms with Crippen molar-refractivity contribution in [2.24, 2.45) is 7.05 Å². The molecule has 1 aromatic heterocycles. The van der Waals surface area contributed by atoms with Crippen molar-refractivity contribution in [2.45, 2.75) is 13.0 Å². The van der Waals surface area contributed by atoms with E-state index in [0.29, 0.717) is 11.3 Å². The molecule has 0 unspecified atom stereocenters. The first kappa shape index (κ1) is 17.8. The molecule has 3 aromatic carbocycles. The van der Waals surface area contributed by atoms with Gasteiger partial charge in [-0.1, -0.05) is 48.5 Å². The third-order valence-corrected chi connectivity index (χ3v) is 4.79. The molecule has 5 nitrogen and oxygen atoms in total. The highest BCUT2D eigenvalue weighted by Crippen LogP contribution is 2.22. The Morgan fingerprint density at radius 2 is 1.68 bits per heavy atom. The molecule has 140 valence electrons. The summed E-state index contributed by atoms with van der Waals surface area (Å²) in [7, 11) is 1.87. The highest BCUT2D eigenvalue weighted by molar-refractivity contribution is 6.05. The lowest BCUT2D eigenvalue weighted by Gasteiger charge is -2.13. The second-order valence-corrected chi connectivity index (χ2v) is 6.77. The zero-order chi connectivity index (χ0) is 19.7. The molecule has 0 fully saturated rings. The van der Waals surface area contributed by atoms with Crippen molar-refractivity contribution in [2.75, 3.05) is 5.32 Å². The maximum atomic E-state index is 12.6. The van der Waals surface area contributed by atoms with E-state index in [1.165, 1.54) is 0 Å². The zero-order valence-corrected chi connectivity index (χ0v) is 15.7. The van der Waals surface area contributed by atoms with E-state index in [1.807, 2.05) is 78.3 Å². The van der Waals surface area contributed by atoms with Crippen LogP contribution < -0.4 is 5.32 Å². The smallest absolute Gasteiger partial charge is 0.341 e. The predicted molar refractivity (Wildman–Crippen MR) is 110 cm³/mol. The van der Waals surface area contributed by atoms with E-state index in [-0.39, 0.29) is 5.91 Å². The number of hydrogen-bond donors (Lipinski definition) is 1. The van der Waals surface area contributed by atoms with E-state index >= 15 is 0 Å². The third kappa shape index (κ3) is 3.34. The van der Waals surface area contributed by atoms with Crippen molar-refractivity contribution in [3.05, 3.63) is 78.5 Å². The van der Waals surface area contributed by atoms with E-state index in [9.17, 15) is 9.59 Å². The van der Waals surface area contributed by atoms with Crippen LogP contribution in [0.1, 0.15) is 17.3 Å². The van der Waals surface area contributed by atoms with Crippen molar-refractivity contribution in [3.63, 3.8) is 0 Å². The highest BCUT2D eigenvalue weighted by atomic mass is 16.5. The van der Waals surface area contributed by atoms with Crippen LogP contribution in [-0.2, 0) is 16.6 Å². The van der Waals surface area contributed by atoms with Crippen LogP contribution in [0.25, 0.3) is 21.7 Å². The number of nitrogens with zero attached hydrogens (tertiary/aromatic N) is 1. The minimum Gasteiger partial charge on any atom is -0.449 e. The Kier molecular flexibility index (Phi) is 4.57. The average Bonchev–Trinajstić information content (AvgIpc) is 3.05. The summed E-state index contributed by atoms with van der Waals surface area (Å²) in [5.41, 5.74) is 2.04. The van der Waals surface area contributed by atoms with Crippen LogP contribution in [0.2, 0.25) is 0 Å². The molecule has 28 heavy (non-hydrogen) atoms. The van der Waals surface area contributed by atoms with Gasteiger partial charge in [-0.2, -0.15) is 0 Å². The topological polar surface area (TPSA) is 60.3 Å². The molecule has 0 saturated heterocycles. The Balaban J connectivity index is 1.48. The van der Waals surface area contributed by atoms with Crippen molar-refractivity contribution in [1.82, 2.24) is 4.57 Å². The summed E-state index contributed by atoms with van der Waals surface area (Å²) < 4.78 is 7.28. The maximum absolute atomic E-state index is 12.6. The van der Waals surface area contributed by atoms with Gasteiger partial charge in [0.15, 0.2) is 6.10 Å². The van der Waals surface area contributed by atoms with E-state index in [0.717, 1.165) is 21.7 Å². The minimum atomic E-state index is -0.919. The maximum Gasteiger partial charge on any atom is 0.341 e. The number of anilines is 1. The summed E-state index contributed by atoms with van der Waals surface area (Å²) in [6.07, 6.45) is 0.805. The summed E-state index contributed by atoms with van der Waals surface area (Å²) in [6.45, 7) is 1.57. The normalized spacial score (nSPS) is 12.1. The van der Waals surface area contributed by atoms with Crippen LogP contribution >= 0.6 is 0 Å². The van der Waals surface area contributed by atoms with Gasteiger partial charge >= 0.3 is 5.97 Å². The molecule has 5 heteroatoms. The van der Waals surface area contributed by atoms with Crippen LogP contribution in [0, 0.1) is 0 Å². The van der Waals surface area contributed by atoms with Crippen LogP contribution in [-0.4, -0.2) is 22.5 Å². The van der Waals surface area contributed by atoms with Crippen LogP contribution in [0.3, 0.4) is 0 Å². The number of amides is 1. The first-order valence-corrected chi connectivity index (χ1v) is 9.07. The number of para-hydroxylation sites is 1. The van der Waals surface area contributed by atoms with E-state index in [2.05, 4.69) is 5.32 Å². The van der Waals surface area contributed by atoms with Gasteiger partial charge in [0.1, 0.15) is 0 Å². The number of aryl methyl sites for hydroxylation is 1. The summed E-state index contributed by atoms with van der Waals surface area (Å²) in [5, 5.41) is 5.74. The largest absolute Gasteiger partial charge is 0.449 e. The molecule has 0 bridgehead atoms. The van der Waals surface area contributed by atoms with Crippen molar-refractivity contribution in [1.29, 1.82) is 0 Å². The Bertz CT molecular complexity index is 1190. The number of nitrogens with one attached hydrogen (secondary N) is 1. The number of carbonyl (C=O) groups is 2. The molecule has 0 saturated carbocycles. The van der Waals surface area contributed by atoms with Gasteiger partial charge in [-0.3, -0.25) is 4.79 Å². The van der Waals surface area contributed by atoms with Crippen LogP contribution in [0.4, 0.5) is 5.69 Å². The number of fused-ring (bicyclic) bond motifs is 2. The summed E-state index contributed by atoms with van der Waals surface area (Å²) in [6, 6.07) is 21.2. The molecule has 0 aliphatic rings. The number of hydrogen-bond acceptors (Lipinski definition) is 3. The van der Waals surface area contributed by atoms with E-state index in [4.69, 9.17) is 4.74 Å². The number of aromatic nitrogens is 1. The molecule has 1 heterocycles. The van der Waals surface area contributed by atoms with Crippen LogP contribution in [0.5, 0.6) is 0 Å². The van der Waals surface area contributed by atoms with Gasteiger partial charge in [0.05, 0.1) is 5.56 Å². The van der Waals surface area contributed by atoms with E-state index in [1.54, 1.807) is 13.1 Å². The monoisotopic (exact) mass is 372 g/mol. The predicted octanol–water partition coefficient (Wildman–Crippen LogP) is 4.52. The number of rotatable bonds is 4. The molecular weight excluding hydrogens is 352 g/mol. The second kappa shape index (κ2) is 7.19. The molecule has 0 aliphatic heterocycles. The zero-order valence-electron chi connectivity index (χ0n) is 15.7. The third-order valence-electron chi connectivity index (χ3n) is 4.79. The standard InChI is InChI=1S/C23H20N2O3/c1-15(22(26)24-18-12-11-16-7-3-4-8-17(16)13-18)28-23(27)20-14-25(2)21-10-6-5-9-19(20)21/h3-15H,1-2H3,(H,24,26)/t15-/m1/s1. The molecule has 0 radical (unpaired) electrons. The van der Waals surface area contributed by atoms with Crippen LogP contribution in [0.15, 0.2) is 72.9 Å². The first-order valence-electron chi connectivity index (χ1n) is 9.07. The van der Waals surface area contributed by atoms with Gasteiger partial charge in [-0.05, 0) is 35.9 Å². The molecular formula is C23H20N2O3. The van der Waals surface area contributed by atoms with Gasteiger partial charge in [0.2, 0.25) is 0 Å². The van der Waals surface area contributed by atoms with E-state index < -0.39 is 12.1 Å². The number of esters is 1. The van der Waals surface area contributed by atoms with Gasteiger partial charge in [0.25, 0.3) is 5.91 Å². The lowest BCUT2D eigenvalue weighted by molar-refractivity contribution is -0.123. The molecule has 1 amide bonds. The summed E-state index contributed by atoms with van der Waals surface area (Å²) in [4.78, 5) is 25.1. The van der Waals surface area contributed by atoms with Gasteiger partial charge in [-0.15, -0.1) is 0 Å². The van der Waals surface area contributed by atoms with Gasteiger partial charge < -0.3 is 14.6 Å². The summed E-state index contributed by atoms with van der Waals surface area (Å²) in [5.74, 6) is -0.887. The number of carbonyl (C=O) groups excluding carboxylic acids is 2. The van der Waals surface area contributed by atoms with Gasteiger partial charge in [0, 0.05) is 29.8 Å². The SMILES string of the molecule is C[C@@H](OC(=O)c1cn(C)c2ccccc12)C(=O)Nc1ccc2ccccc2c1. The lowest BCUT2D eigenvalue weighted by Crippen LogP contribution is -2.29. The molecule has 0 aliphatic carbocycles. The minimum absolute atomic E-state index is 0.371. The van der Waals surface area contributed by atoms with Crippen molar-refractivity contribution >= 4 is 39.2 Å². The fourth-order valence-corrected chi connectivity index (χ4v) is 3.29. The Hall–Kier alpha value is -3.60. The van der Waals surface area contributed by atoms with Crippen molar-refractivity contribution < 1.29 is 14.3 Å². The second-order valence-electron chi connectivity index (χ2n) is 6.77. The molecule has 4 rings (SSSR count). The van der Waals surface area contributed by atoms with Gasteiger partial charge in [-0.25, -0.2) is 4.79 Å². The summed E-state index contributed by atoms with van der Waals surface area (Å²) >= 11 is 0. The van der Waals surface area contributed by atoms with Crippen molar-refractivity contribution in [3.8, 4) is 0 Å². The number of ether oxygens (including phenoxy) is 1. The molecule has 1 atom stereocenters. The Labute approximate surface area is 162 Å².